The highest BCUT2D eigenvalue weighted by atomic mass is 35.5. The predicted octanol–water partition coefficient (Wildman–Crippen LogP) is 4.21. The maximum absolute atomic E-state index is 12.2. The molecular weight excluding hydrogens is 384 g/mol. The second-order valence-corrected chi connectivity index (χ2v) is 7.15. The second-order valence-electron chi connectivity index (χ2n) is 5.82. The van der Waals surface area contributed by atoms with Gasteiger partial charge in [-0.3, -0.25) is 19.8 Å². The van der Waals surface area contributed by atoms with Crippen LogP contribution in [0.5, 0.6) is 0 Å². The molecule has 3 aromatic rings. The fourth-order valence-electron chi connectivity index (χ4n) is 2.39. The van der Waals surface area contributed by atoms with Crippen LogP contribution in [0.15, 0.2) is 30.5 Å². The lowest BCUT2D eigenvalue weighted by molar-refractivity contribution is -0.111. The summed E-state index contributed by atoms with van der Waals surface area (Å²) in [6.45, 7) is 4.75. The third kappa shape index (κ3) is 4.78. The number of hydrogen-bond acceptors (Lipinski definition) is 6. The number of pyridine rings is 1. The van der Waals surface area contributed by atoms with Crippen LogP contribution in [-0.2, 0) is 11.3 Å². The molecule has 140 valence electrons. The summed E-state index contributed by atoms with van der Waals surface area (Å²) in [5.41, 5.74) is 2.25. The summed E-state index contributed by atoms with van der Waals surface area (Å²) < 4.78 is 1.77. The van der Waals surface area contributed by atoms with E-state index in [1.165, 1.54) is 17.4 Å². The molecule has 0 aromatic carbocycles. The van der Waals surface area contributed by atoms with Gasteiger partial charge in [-0.25, -0.2) is 0 Å². The molecule has 3 rings (SSSR count). The van der Waals surface area contributed by atoms with Crippen molar-refractivity contribution in [2.45, 2.75) is 33.2 Å². The van der Waals surface area contributed by atoms with Crippen molar-refractivity contribution >= 4 is 40.1 Å². The Morgan fingerprint density at radius 2 is 2.22 bits per heavy atom. The first-order chi connectivity index (χ1) is 13.1. The molecule has 0 unspecified atom stereocenters. The highest BCUT2D eigenvalue weighted by molar-refractivity contribution is 7.18. The van der Waals surface area contributed by atoms with E-state index in [9.17, 15) is 4.79 Å². The van der Waals surface area contributed by atoms with Crippen molar-refractivity contribution in [2.75, 3.05) is 5.32 Å². The average Bonchev–Trinajstić information content (AvgIpc) is 3.24. The minimum absolute atomic E-state index is 0.310. The van der Waals surface area contributed by atoms with Gasteiger partial charge in [0, 0.05) is 24.4 Å². The Hall–Kier alpha value is -2.58. The summed E-state index contributed by atoms with van der Waals surface area (Å²) in [7, 11) is 0. The SMILES string of the molecule is CCCCn1nc(C)c(/C=C/C(=O)Nc2nnc(-c3ccccn3)s2)c1Cl. The van der Waals surface area contributed by atoms with Gasteiger partial charge in [-0.2, -0.15) is 5.10 Å². The van der Waals surface area contributed by atoms with E-state index >= 15 is 0 Å². The van der Waals surface area contributed by atoms with Gasteiger partial charge in [0.2, 0.25) is 11.0 Å². The normalized spacial score (nSPS) is 11.2. The van der Waals surface area contributed by atoms with Crippen LogP contribution in [-0.4, -0.2) is 30.9 Å². The van der Waals surface area contributed by atoms with Crippen molar-refractivity contribution in [3.05, 3.63) is 46.9 Å². The number of hydrogen-bond donors (Lipinski definition) is 1. The van der Waals surface area contributed by atoms with Crippen LogP contribution in [0.3, 0.4) is 0 Å². The Morgan fingerprint density at radius 1 is 1.37 bits per heavy atom. The maximum Gasteiger partial charge on any atom is 0.250 e. The standard InChI is InChI=1S/C18H19ClN6OS/c1-3-4-11-25-16(19)13(12(2)24-25)8-9-15(26)21-18-23-22-17(27-18)14-7-5-6-10-20-14/h5-10H,3-4,11H2,1-2H3,(H,21,23,26)/b9-8+. The molecule has 3 heterocycles. The molecule has 0 spiro atoms. The molecule has 0 aliphatic rings. The molecule has 0 saturated heterocycles. The van der Waals surface area contributed by atoms with Crippen LogP contribution >= 0.6 is 22.9 Å². The first kappa shape index (κ1) is 19.2. The number of aromatic nitrogens is 5. The molecular formula is C18H19ClN6OS. The molecule has 1 amide bonds. The fraction of sp³-hybridized carbons (Fsp3) is 0.278. The van der Waals surface area contributed by atoms with E-state index in [2.05, 4.69) is 32.5 Å². The molecule has 9 heteroatoms. The van der Waals surface area contributed by atoms with Crippen molar-refractivity contribution in [3.63, 3.8) is 0 Å². The van der Waals surface area contributed by atoms with Gasteiger partial charge in [-0.15, -0.1) is 10.2 Å². The van der Waals surface area contributed by atoms with Gasteiger partial charge >= 0.3 is 0 Å². The van der Waals surface area contributed by atoms with Crippen molar-refractivity contribution in [2.24, 2.45) is 0 Å². The zero-order chi connectivity index (χ0) is 19.2. The molecule has 27 heavy (non-hydrogen) atoms. The lowest BCUT2D eigenvalue weighted by Crippen LogP contribution is -2.07. The number of nitrogens with one attached hydrogen (secondary N) is 1. The number of carbonyl (C=O) groups excluding carboxylic acids is 1. The molecule has 0 bridgehead atoms. The van der Waals surface area contributed by atoms with Gasteiger partial charge in [0.1, 0.15) is 10.8 Å². The van der Waals surface area contributed by atoms with E-state index in [1.54, 1.807) is 17.0 Å². The maximum atomic E-state index is 12.2. The number of carbonyl (C=O) groups is 1. The summed E-state index contributed by atoms with van der Waals surface area (Å²) in [5.74, 6) is -0.310. The number of halogens is 1. The summed E-state index contributed by atoms with van der Waals surface area (Å²) >= 11 is 7.63. The smallest absolute Gasteiger partial charge is 0.250 e. The number of rotatable bonds is 7. The van der Waals surface area contributed by atoms with Crippen molar-refractivity contribution in [1.82, 2.24) is 25.0 Å². The summed E-state index contributed by atoms with van der Waals surface area (Å²) in [6, 6.07) is 5.54. The zero-order valence-electron chi connectivity index (χ0n) is 15.0. The zero-order valence-corrected chi connectivity index (χ0v) is 16.6. The van der Waals surface area contributed by atoms with Crippen LogP contribution in [0.1, 0.15) is 31.0 Å². The molecule has 0 saturated carbocycles. The van der Waals surface area contributed by atoms with E-state index in [1.807, 2.05) is 25.1 Å². The summed E-state index contributed by atoms with van der Waals surface area (Å²) in [5, 5.41) is 16.7. The molecule has 0 fully saturated rings. The van der Waals surface area contributed by atoms with Gasteiger partial charge in [0.25, 0.3) is 0 Å². The molecule has 1 N–H and O–H groups in total. The molecule has 0 atom stereocenters. The molecule has 0 aliphatic carbocycles. The highest BCUT2D eigenvalue weighted by Crippen LogP contribution is 2.25. The number of unbranched alkanes of at least 4 members (excludes halogenated alkanes) is 1. The third-order valence-corrected chi connectivity index (χ3v) is 5.03. The van der Waals surface area contributed by atoms with Crippen LogP contribution in [0.2, 0.25) is 5.15 Å². The van der Waals surface area contributed by atoms with Gasteiger partial charge < -0.3 is 0 Å². The Morgan fingerprint density at radius 3 is 2.96 bits per heavy atom. The minimum atomic E-state index is -0.310. The quantitative estimate of drug-likeness (QED) is 0.598. The molecule has 0 aliphatic heterocycles. The van der Waals surface area contributed by atoms with Gasteiger partial charge in [0.05, 0.1) is 5.69 Å². The summed E-state index contributed by atoms with van der Waals surface area (Å²) in [4.78, 5) is 16.4. The Labute approximate surface area is 166 Å². The fourth-order valence-corrected chi connectivity index (χ4v) is 3.43. The van der Waals surface area contributed by atoms with E-state index in [0.29, 0.717) is 21.0 Å². The molecule has 0 radical (unpaired) electrons. The van der Waals surface area contributed by atoms with Gasteiger partial charge in [-0.05, 0) is 31.6 Å². The second kappa shape index (κ2) is 8.88. The first-order valence-electron chi connectivity index (χ1n) is 8.55. The summed E-state index contributed by atoms with van der Waals surface area (Å²) in [6.07, 6.45) is 6.83. The van der Waals surface area contributed by atoms with E-state index < -0.39 is 0 Å². The minimum Gasteiger partial charge on any atom is -0.297 e. The van der Waals surface area contributed by atoms with Gasteiger partial charge in [0.15, 0.2) is 5.01 Å². The topological polar surface area (TPSA) is 85.6 Å². The average molecular weight is 403 g/mol. The lowest BCUT2D eigenvalue weighted by Gasteiger charge is -2.00. The van der Waals surface area contributed by atoms with E-state index in [-0.39, 0.29) is 5.91 Å². The van der Waals surface area contributed by atoms with E-state index in [4.69, 9.17) is 11.6 Å². The largest absolute Gasteiger partial charge is 0.297 e. The van der Waals surface area contributed by atoms with Crippen LogP contribution < -0.4 is 5.32 Å². The number of nitrogens with zero attached hydrogens (tertiary/aromatic N) is 5. The van der Waals surface area contributed by atoms with Crippen molar-refractivity contribution in [3.8, 4) is 10.7 Å². The number of aryl methyl sites for hydroxylation is 2. The van der Waals surface area contributed by atoms with Crippen molar-refractivity contribution in [1.29, 1.82) is 0 Å². The predicted molar refractivity (Wildman–Crippen MR) is 108 cm³/mol. The van der Waals surface area contributed by atoms with E-state index in [0.717, 1.165) is 30.6 Å². The molecule has 3 aromatic heterocycles. The number of amides is 1. The molecule has 7 nitrogen and oxygen atoms in total. The number of anilines is 1. The van der Waals surface area contributed by atoms with Crippen LogP contribution in [0, 0.1) is 6.92 Å². The van der Waals surface area contributed by atoms with Gasteiger partial charge in [-0.1, -0.05) is 42.3 Å². The monoisotopic (exact) mass is 402 g/mol. The highest BCUT2D eigenvalue weighted by Gasteiger charge is 2.12. The van der Waals surface area contributed by atoms with Crippen LogP contribution in [0.4, 0.5) is 5.13 Å². The first-order valence-corrected chi connectivity index (χ1v) is 9.74. The Balaban J connectivity index is 1.66. The Kier molecular flexibility index (Phi) is 6.31. The third-order valence-electron chi connectivity index (χ3n) is 3.77. The van der Waals surface area contributed by atoms with Crippen LogP contribution in [0.25, 0.3) is 16.8 Å². The Bertz CT molecular complexity index is 950. The van der Waals surface area contributed by atoms with Crippen molar-refractivity contribution < 1.29 is 4.79 Å². The lowest BCUT2D eigenvalue weighted by atomic mass is 10.2.